The van der Waals surface area contributed by atoms with E-state index in [0.717, 1.165) is 16.7 Å². The molecule has 3 aromatic rings. The lowest BCUT2D eigenvalue weighted by Gasteiger charge is -2.32. The summed E-state index contributed by atoms with van der Waals surface area (Å²) in [4.78, 5) is 28.0. The van der Waals surface area contributed by atoms with Crippen LogP contribution < -0.4 is 5.32 Å². The number of nitrogens with zero attached hydrogens (tertiary/aromatic N) is 1. The number of carbonyl (C=O) groups is 2. The SMILES string of the molecule is CC(C)C(C(=O)NCc1ccccc1)N(Cc1ccccc1)C(=O)C#Cc1ccccc1. The van der Waals surface area contributed by atoms with Crippen molar-refractivity contribution in [1.82, 2.24) is 10.2 Å². The van der Waals surface area contributed by atoms with Gasteiger partial charge in [0, 0.05) is 24.6 Å². The predicted octanol–water partition coefficient (Wildman–Crippen LogP) is 4.41. The molecule has 0 aliphatic carbocycles. The van der Waals surface area contributed by atoms with Gasteiger partial charge in [-0.15, -0.1) is 0 Å². The molecule has 0 saturated heterocycles. The van der Waals surface area contributed by atoms with E-state index in [0.29, 0.717) is 13.1 Å². The lowest BCUT2D eigenvalue weighted by atomic mass is 10.00. The van der Waals surface area contributed by atoms with Crippen LogP contribution in [0.1, 0.15) is 30.5 Å². The van der Waals surface area contributed by atoms with Crippen molar-refractivity contribution in [3.05, 3.63) is 108 Å². The lowest BCUT2D eigenvalue weighted by Crippen LogP contribution is -2.51. The third-order valence-corrected chi connectivity index (χ3v) is 5.09. The van der Waals surface area contributed by atoms with Gasteiger partial charge < -0.3 is 10.2 Å². The van der Waals surface area contributed by atoms with E-state index >= 15 is 0 Å². The van der Waals surface area contributed by atoms with Gasteiger partial charge in [0.2, 0.25) is 5.91 Å². The van der Waals surface area contributed by atoms with Crippen LogP contribution in [-0.4, -0.2) is 22.8 Å². The van der Waals surface area contributed by atoms with Crippen LogP contribution in [0.15, 0.2) is 91.0 Å². The van der Waals surface area contributed by atoms with Gasteiger partial charge in [0.05, 0.1) is 0 Å². The fourth-order valence-electron chi connectivity index (χ4n) is 3.49. The van der Waals surface area contributed by atoms with Gasteiger partial charge in [-0.3, -0.25) is 9.59 Å². The molecule has 0 bridgehead atoms. The van der Waals surface area contributed by atoms with E-state index in [1.54, 1.807) is 4.90 Å². The summed E-state index contributed by atoms with van der Waals surface area (Å²) in [5, 5.41) is 2.99. The first-order valence-corrected chi connectivity index (χ1v) is 10.8. The van der Waals surface area contributed by atoms with Crippen LogP contribution in [0.5, 0.6) is 0 Å². The maximum absolute atomic E-state index is 13.2. The summed E-state index contributed by atoms with van der Waals surface area (Å²) in [5.41, 5.74) is 2.71. The van der Waals surface area contributed by atoms with E-state index < -0.39 is 6.04 Å². The number of nitrogens with one attached hydrogen (secondary N) is 1. The first-order valence-electron chi connectivity index (χ1n) is 10.8. The Labute approximate surface area is 190 Å². The maximum Gasteiger partial charge on any atom is 0.299 e. The van der Waals surface area contributed by atoms with E-state index in [4.69, 9.17) is 0 Å². The first kappa shape index (κ1) is 22.8. The van der Waals surface area contributed by atoms with Gasteiger partial charge in [0.25, 0.3) is 5.91 Å². The zero-order valence-electron chi connectivity index (χ0n) is 18.5. The number of hydrogen-bond acceptors (Lipinski definition) is 2. The van der Waals surface area contributed by atoms with E-state index in [1.165, 1.54) is 0 Å². The fraction of sp³-hybridized carbons (Fsp3) is 0.214. The monoisotopic (exact) mass is 424 g/mol. The molecule has 4 heteroatoms. The molecule has 32 heavy (non-hydrogen) atoms. The predicted molar refractivity (Wildman–Crippen MR) is 127 cm³/mol. The molecule has 1 atom stereocenters. The molecule has 0 aromatic heterocycles. The molecule has 0 heterocycles. The van der Waals surface area contributed by atoms with Crippen LogP contribution in [0.2, 0.25) is 0 Å². The molecule has 0 aliphatic rings. The Morgan fingerprint density at radius 1 is 0.812 bits per heavy atom. The Kier molecular flexibility index (Phi) is 8.22. The molecule has 0 aliphatic heterocycles. The minimum atomic E-state index is -0.642. The summed E-state index contributed by atoms with van der Waals surface area (Å²) in [6, 6.07) is 28.1. The molecule has 162 valence electrons. The van der Waals surface area contributed by atoms with Crippen molar-refractivity contribution in [2.45, 2.75) is 33.0 Å². The van der Waals surface area contributed by atoms with Gasteiger partial charge in [0.15, 0.2) is 0 Å². The normalized spacial score (nSPS) is 11.2. The van der Waals surface area contributed by atoms with Crippen LogP contribution in [0, 0.1) is 17.8 Å². The summed E-state index contributed by atoms with van der Waals surface area (Å²) in [5.74, 6) is 5.03. The highest BCUT2D eigenvalue weighted by atomic mass is 16.2. The van der Waals surface area contributed by atoms with Gasteiger partial charge in [-0.1, -0.05) is 98.6 Å². The molecule has 1 unspecified atom stereocenters. The second-order valence-electron chi connectivity index (χ2n) is 7.93. The third kappa shape index (κ3) is 6.58. The Hall–Kier alpha value is -3.84. The first-order chi connectivity index (χ1) is 15.5. The van der Waals surface area contributed by atoms with Crippen LogP contribution >= 0.6 is 0 Å². The summed E-state index contributed by atoms with van der Waals surface area (Å²) in [6.45, 7) is 4.61. The van der Waals surface area contributed by atoms with Gasteiger partial charge in [0.1, 0.15) is 6.04 Å². The van der Waals surface area contributed by atoms with Crippen LogP contribution in [0.3, 0.4) is 0 Å². The van der Waals surface area contributed by atoms with Gasteiger partial charge >= 0.3 is 0 Å². The van der Waals surface area contributed by atoms with Crippen molar-refractivity contribution in [3.63, 3.8) is 0 Å². The second kappa shape index (κ2) is 11.5. The van der Waals surface area contributed by atoms with Crippen molar-refractivity contribution in [2.24, 2.45) is 5.92 Å². The Morgan fingerprint density at radius 3 is 1.91 bits per heavy atom. The Bertz CT molecular complexity index is 1070. The average molecular weight is 425 g/mol. The van der Waals surface area contributed by atoms with Gasteiger partial charge in [-0.05, 0) is 29.2 Å². The maximum atomic E-state index is 13.2. The van der Waals surface area contributed by atoms with E-state index in [-0.39, 0.29) is 17.7 Å². The molecule has 2 amide bonds. The number of hydrogen-bond donors (Lipinski definition) is 1. The highest BCUT2D eigenvalue weighted by Gasteiger charge is 2.32. The van der Waals surface area contributed by atoms with E-state index in [9.17, 15) is 9.59 Å². The summed E-state index contributed by atoms with van der Waals surface area (Å²) in [6.07, 6.45) is 0. The standard InChI is InChI=1S/C28H28N2O2/c1-22(2)27(28(32)29-20-24-14-8-4-9-15-24)30(21-25-16-10-5-11-17-25)26(31)19-18-23-12-6-3-7-13-23/h3-17,22,27H,20-21H2,1-2H3,(H,29,32). The Morgan fingerprint density at radius 2 is 1.34 bits per heavy atom. The van der Waals surface area contributed by atoms with Crippen molar-refractivity contribution in [1.29, 1.82) is 0 Å². The highest BCUT2D eigenvalue weighted by Crippen LogP contribution is 2.16. The summed E-state index contributed by atoms with van der Waals surface area (Å²) < 4.78 is 0. The fourth-order valence-corrected chi connectivity index (χ4v) is 3.49. The molecule has 3 rings (SSSR count). The van der Waals surface area contributed by atoms with E-state index in [1.807, 2.05) is 105 Å². The van der Waals surface area contributed by atoms with Crippen molar-refractivity contribution >= 4 is 11.8 Å². The molecule has 0 spiro atoms. The highest BCUT2D eigenvalue weighted by molar-refractivity contribution is 5.97. The van der Waals surface area contributed by atoms with Crippen LogP contribution in [-0.2, 0) is 22.7 Å². The average Bonchev–Trinajstić information content (AvgIpc) is 2.82. The number of benzene rings is 3. The van der Waals surface area contributed by atoms with Gasteiger partial charge in [-0.2, -0.15) is 0 Å². The molecule has 1 N–H and O–H groups in total. The molecule has 4 nitrogen and oxygen atoms in total. The van der Waals surface area contributed by atoms with Crippen LogP contribution in [0.25, 0.3) is 0 Å². The molecular weight excluding hydrogens is 396 g/mol. The molecule has 0 fully saturated rings. The minimum absolute atomic E-state index is 0.0861. The summed E-state index contributed by atoms with van der Waals surface area (Å²) in [7, 11) is 0. The smallest absolute Gasteiger partial charge is 0.299 e. The van der Waals surface area contributed by atoms with E-state index in [2.05, 4.69) is 17.2 Å². The lowest BCUT2D eigenvalue weighted by molar-refractivity contribution is -0.139. The molecule has 0 saturated carbocycles. The minimum Gasteiger partial charge on any atom is -0.350 e. The van der Waals surface area contributed by atoms with Crippen molar-refractivity contribution in [2.75, 3.05) is 0 Å². The molecular formula is C28H28N2O2. The van der Waals surface area contributed by atoms with Crippen molar-refractivity contribution < 1.29 is 9.59 Å². The zero-order chi connectivity index (χ0) is 22.8. The zero-order valence-corrected chi connectivity index (χ0v) is 18.5. The number of rotatable bonds is 7. The van der Waals surface area contributed by atoms with Crippen LogP contribution in [0.4, 0.5) is 0 Å². The Balaban J connectivity index is 1.85. The topological polar surface area (TPSA) is 49.4 Å². The van der Waals surface area contributed by atoms with Gasteiger partial charge in [-0.25, -0.2) is 0 Å². The number of amides is 2. The molecule has 3 aromatic carbocycles. The summed E-state index contributed by atoms with van der Waals surface area (Å²) >= 11 is 0. The largest absolute Gasteiger partial charge is 0.350 e. The second-order valence-corrected chi connectivity index (χ2v) is 7.93. The quantitative estimate of drug-likeness (QED) is 0.571. The third-order valence-electron chi connectivity index (χ3n) is 5.09. The molecule has 0 radical (unpaired) electrons. The van der Waals surface area contributed by atoms with Crippen molar-refractivity contribution in [3.8, 4) is 11.8 Å². The number of carbonyl (C=O) groups excluding carboxylic acids is 2.